The van der Waals surface area contributed by atoms with Gasteiger partial charge in [0.25, 0.3) is 5.91 Å². The number of ether oxygens (including phenoxy) is 2. The summed E-state index contributed by atoms with van der Waals surface area (Å²) >= 11 is 0. The van der Waals surface area contributed by atoms with Crippen LogP contribution in [0.3, 0.4) is 0 Å². The molecule has 0 saturated heterocycles. The molecule has 25 heavy (non-hydrogen) atoms. The summed E-state index contributed by atoms with van der Waals surface area (Å²) < 4.78 is 10.5. The maximum atomic E-state index is 12.6. The van der Waals surface area contributed by atoms with Crippen molar-refractivity contribution < 1.29 is 19.1 Å². The summed E-state index contributed by atoms with van der Waals surface area (Å²) in [6.45, 7) is 2.69. The van der Waals surface area contributed by atoms with E-state index in [2.05, 4.69) is 12.2 Å². The van der Waals surface area contributed by atoms with Crippen molar-refractivity contribution in [3.63, 3.8) is 0 Å². The van der Waals surface area contributed by atoms with E-state index in [1.54, 1.807) is 42.5 Å². The van der Waals surface area contributed by atoms with Gasteiger partial charge in [0.1, 0.15) is 5.75 Å². The SMILES string of the molecule is CCCCCOc1ccccc1C(=O)Nc1ccccc1C(=O)OC. The Kier molecular flexibility index (Phi) is 7.01. The topological polar surface area (TPSA) is 64.6 Å². The number of hydrogen-bond acceptors (Lipinski definition) is 4. The number of benzene rings is 2. The number of carbonyl (C=O) groups is 2. The van der Waals surface area contributed by atoms with Gasteiger partial charge in [-0.2, -0.15) is 0 Å². The molecule has 0 bridgehead atoms. The van der Waals surface area contributed by atoms with Crippen LogP contribution in [0.25, 0.3) is 0 Å². The fraction of sp³-hybridized carbons (Fsp3) is 0.300. The van der Waals surface area contributed by atoms with Crippen LogP contribution in [0, 0.1) is 0 Å². The Morgan fingerprint density at radius 2 is 1.64 bits per heavy atom. The van der Waals surface area contributed by atoms with Gasteiger partial charge in [-0.1, -0.05) is 44.0 Å². The number of unbranched alkanes of at least 4 members (excludes halogenated alkanes) is 2. The average molecular weight is 341 g/mol. The van der Waals surface area contributed by atoms with Crippen molar-refractivity contribution in [3.8, 4) is 5.75 Å². The third kappa shape index (κ3) is 5.08. The number of methoxy groups -OCH3 is 1. The predicted molar refractivity (Wildman–Crippen MR) is 97.2 cm³/mol. The van der Waals surface area contributed by atoms with Gasteiger partial charge >= 0.3 is 5.97 Å². The first-order valence-corrected chi connectivity index (χ1v) is 8.38. The zero-order valence-corrected chi connectivity index (χ0v) is 14.6. The summed E-state index contributed by atoms with van der Waals surface area (Å²) in [5.41, 5.74) is 1.14. The van der Waals surface area contributed by atoms with Gasteiger partial charge in [0.15, 0.2) is 0 Å². The highest BCUT2D eigenvalue weighted by Gasteiger charge is 2.16. The van der Waals surface area contributed by atoms with Crippen molar-refractivity contribution in [1.29, 1.82) is 0 Å². The number of amides is 1. The molecule has 5 heteroatoms. The van der Waals surface area contributed by atoms with E-state index in [9.17, 15) is 9.59 Å². The molecule has 0 aliphatic rings. The highest BCUT2D eigenvalue weighted by molar-refractivity contribution is 6.09. The molecule has 0 radical (unpaired) electrons. The summed E-state index contributed by atoms with van der Waals surface area (Å²) in [6.07, 6.45) is 3.13. The molecule has 0 aromatic heterocycles. The van der Waals surface area contributed by atoms with Gasteiger partial charge in [-0.25, -0.2) is 4.79 Å². The van der Waals surface area contributed by atoms with Crippen LogP contribution in [0.5, 0.6) is 5.75 Å². The Bertz CT molecular complexity index is 727. The summed E-state index contributed by atoms with van der Waals surface area (Å²) in [4.78, 5) is 24.5. The van der Waals surface area contributed by atoms with Crippen LogP contribution in [0.4, 0.5) is 5.69 Å². The lowest BCUT2D eigenvalue weighted by molar-refractivity contribution is 0.0602. The molecule has 0 aliphatic heterocycles. The molecule has 0 saturated carbocycles. The van der Waals surface area contributed by atoms with Gasteiger partial charge in [0.2, 0.25) is 0 Å². The second-order valence-corrected chi connectivity index (χ2v) is 5.54. The van der Waals surface area contributed by atoms with E-state index >= 15 is 0 Å². The Morgan fingerprint density at radius 3 is 2.36 bits per heavy atom. The van der Waals surface area contributed by atoms with Gasteiger partial charge in [-0.3, -0.25) is 4.79 Å². The number of rotatable bonds is 8. The fourth-order valence-electron chi connectivity index (χ4n) is 2.38. The quantitative estimate of drug-likeness (QED) is 0.574. The maximum Gasteiger partial charge on any atom is 0.339 e. The summed E-state index contributed by atoms with van der Waals surface area (Å²) in [5, 5.41) is 2.76. The molecule has 2 rings (SSSR count). The molecular weight excluding hydrogens is 318 g/mol. The van der Waals surface area contributed by atoms with Crippen molar-refractivity contribution in [2.24, 2.45) is 0 Å². The number of anilines is 1. The Labute approximate surface area is 148 Å². The van der Waals surface area contributed by atoms with E-state index in [1.807, 2.05) is 6.07 Å². The third-order valence-corrected chi connectivity index (χ3v) is 3.72. The predicted octanol–water partition coefficient (Wildman–Crippen LogP) is 4.29. The Balaban J connectivity index is 2.15. The third-order valence-electron chi connectivity index (χ3n) is 3.72. The minimum absolute atomic E-state index is 0.305. The number of para-hydroxylation sites is 2. The molecule has 0 fully saturated rings. The van der Waals surface area contributed by atoms with Crippen LogP contribution < -0.4 is 10.1 Å². The Hall–Kier alpha value is -2.82. The molecule has 2 aromatic carbocycles. The standard InChI is InChI=1S/C20H23NO4/c1-3-4-9-14-25-18-13-8-6-11-16(18)19(22)21-17-12-7-5-10-15(17)20(23)24-2/h5-8,10-13H,3-4,9,14H2,1-2H3,(H,21,22). The van der Waals surface area contributed by atoms with Crippen LogP contribution >= 0.6 is 0 Å². The summed E-state index contributed by atoms with van der Waals surface area (Å²) in [7, 11) is 1.31. The zero-order chi connectivity index (χ0) is 18.1. The van der Waals surface area contributed by atoms with Crippen molar-refractivity contribution in [2.45, 2.75) is 26.2 Å². The molecule has 0 aliphatic carbocycles. The van der Waals surface area contributed by atoms with E-state index in [-0.39, 0.29) is 5.91 Å². The molecular formula is C20H23NO4. The average Bonchev–Trinajstić information content (AvgIpc) is 2.65. The Morgan fingerprint density at radius 1 is 0.960 bits per heavy atom. The van der Waals surface area contributed by atoms with Crippen LogP contribution in [-0.4, -0.2) is 25.6 Å². The van der Waals surface area contributed by atoms with Gasteiger partial charge in [-0.05, 0) is 30.7 Å². The number of nitrogens with one attached hydrogen (secondary N) is 1. The highest BCUT2D eigenvalue weighted by Crippen LogP contribution is 2.22. The second kappa shape index (κ2) is 9.47. The summed E-state index contributed by atoms with van der Waals surface area (Å²) in [6, 6.07) is 13.8. The number of hydrogen-bond donors (Lipinski definition) is 1. The van der Waals surface area contributed by atoms with E-state index in [0.717, 1.165) is 19.3 Å². The van der Waals surface area contributed by atoms with Crippen LogP contribution in [-0.2, 0) is 4.74 Å². The fourth-order valence-corrected chi connectivity index (χ4v) is 2.38. The molecule has 0 heterocycles. The van der Waals surface area contributed by atoms with Gasteiger partial charge in [0, 0.05) is 0 Å². The minimum atomic E-state index is -0.500. The number of carbonyl (C=O) groups excluding carboxylic acids is 2. The first kappa shape index (κ1) is 18.5. The van der Waals surface area contributed by atoms with E-state index in [4.69, 9.17) is 9.47 Å². The van der Waals surface area contributed by atoms with Crippen molar-refractivity contribution in [2.75, 3.05) is 19.0 Å². The molecule has 2 aromatic rings. The first-order chi connectivity index (χ1) is 12.2. The molecule has 1 amide bonds. The van der Waals surface area contributed by atoms with E-state index in [0.29, 0.717) is 29.2 Å². The van der Waals surface area contributed by atoms with Gasteiger partial charge in [0.05, 0.1) is 30.5 Å². The normalized spacial score (nSPS) is 10.2. The lowest BCUT2D eigenvalue weighted by Gasteiger charge is -2.13. The van der Waals surface area contributed by atoms with Crippen LogP contribution in [0.1, 0.15) is 46.9 Å². The molecule has 132 valence electrons. The van der Waals surface area contributed by atoms with Crippen LogP contribution in [0.15, 0.2) is 48.5 Å². The van der Waals surface area contributed by atoms with E-state index < -0.39 is 5.97 Å². The second-order valence-electron chi connectivity index (χ2n) is 5.54. The van der Waals surface area contributed by atoms with Crippen LogP contribution in [0.2, 0.25) is 0 Å². The molecule has 0 atom stereocenters. The highest BCUT2D eigenvalue weighted by atomic mass is 16.5. The molecule has 0 spiro atoms. The number of esters is 1. The van der Waals surface area contributed by atoms with Crippen molar-refractivity contribution >= 4 is 17.6 Å². The minimum Gasteiger partial charge on any atom is -0.493 e. The zero-order valence-electron chi connectivity index (χ0n) is 14.6. The summed E-state index contributed by atoms with van der Waals surface area (Å²) in [5.74, 6) is -0.297. The largest absolute Gasteiger partial charge is 0.493 e. The lowest BCUT2D eigenvalue weighted by atomic mass is 10.1. The smallest absolute Gasteiger partial charge is 0.339 e. The lowest BCUT2D eigenvalue weighted by Crippen LogP contribution is -2.16. The monoisotopic (exact) mass is 341 g/mol. The molecule has 1 N–H and O–H groups in total. The maximum absolute atomic E-state index is 12.6. The van der Waals surface area contributed by atoms with Crippen molar-refractivity contribution in [3.05, 3.63) is 59.7 Å². The van der Waals surface area contributed by atoms with E-state index in [1.165, 1.54) is 7.11 Å². The molecule has 0 unspecified atom stereocenters. The van der Waals surface area contributed by atoms with Gasteiger partial charge in [-0.15, -0.1) is 0 Å². The van der Waals surface area contributed by atoms with Gasteiger partial charge < -0.3 is 14.8 Å². The molecule has 5 nitrogen and oxygen atoms in total. The van der Waals surface area contributed by atoms with Crippen molar-refractivity contribution in [1.82, 2.24) is 0 Å². The first-order valence-electron chi connectivity index (χ1n) is 8.38.